The summed E-state index contributed by atoms with van der Waals surface area (Å²) in [7, 11) is 0. The van der Waals surface area contributed by atoms with Crippen molar-refractivity contribution in [2.24, 2.45) is 5.16 Å². The highest BCUT2D eigenvalue weighted by atomic mass is 16.6. The van der Waals surface area contributed by atoms with Crippen molar-refractivity contribution in [1.82, 2.24) is 14.9 Å². The van der Waals surface area contributed by atoms with E-state index in [9.17, 15) is 0 Å². The molecule has 98 valence electrons. The third kappa shape index (κ3) is 2.27. The van der Waals surface area contributed by atoms with Crippen LogP contribution in [-0.2, 0) is 17.8 Å². The van der Waals surface area contributed by atoms with E-state index in [0.29, 0.717) is 0 Å². The lowest BCUT2D eigenvalue weighted by Gasteiger charge is -2.27. The number of nitrogens with one attached hydrogen (secondary N) is 1. The van der Waals surface area contributed by atoms with Gasteiger partial charge in [-0.15, -0.1) is 0 Å². The Bertz CT molecular complexity index is 466. The van der Waals surface area contributed by atoms with Gasteiger partial charge in [0.2, 0.25) is 0 Å². The molecule has 0 unspecified atom stereocenters. The Hall–Kier alpha value is -1.36. The average Bonchev–Trinajstić information content (AvgIpc) is 2.94. The Balaban J connectivity index is 1.57. The van der Waals surface area contributed by atoms with Gasteiger partial charge >= 0.3 is 0 Å². The molecule has 0 saturated heterocycles. The van der Waals surface area contributed by atoms with Crippen molar-refractivity contribution in [2.45, 2.75) is 45.8 Å². The predicted octanol–water partition coefficient (Wildman–Crippen LogP) is 1.63. The molecule has 5 heteroatoms. The third-order valence-electron chi connectivity index (χ3n) is 3.69. The van der Waals surface area contributed by atoms with Crippen LogP contribution in [-0.4, -0.2) is 39.8 Å². The molecule has 0 saturated carbocycles. The summed E-state index contributed by atoms with van der Waals surface area (Å²) >= 11 is 0. The zero-order valence-electron chi connectivity index (χ0n) is 11.1. The van der Waals surface area contributed by atoms with Crippen LogP contribution in [0.25, 0.3) is 0 Å². The van der Waals surface area contributed by atoms with Crippen LogP contribution in [0.5, 0.6) is 0 Å². The Kier molecular flexibility index (Phi) is 3.07. The highest BCUT2D eigenvalue weighted by Crippen LogP contribution is 2.19. The van der Waals surface area contributed by atoms with Crippen LogP contribution in [0.1, 0.15) is 37.0 Å². The number of fused-ring (bicyclic) bond motifs is 1. The summed E-state index contributed by atoms with van der Waals surface area (Å²) < 4.78 is 0. The number of aromatic nitrogens is 2. The second kappa shape index (κ2) is 4.72. The number of nitrogens with zero attached hydrogens (tertiary/aromatic N) is 3. The maximum absolute atomic E-state index is 5.47. The minimum Gasteiger partial charge on any atom is -0.391 e. The smallest absolute Gasteiger partial charge is 0.145 e. The van der Waals surface area contributed by atoms with Gasteiger partial charge < -0.3 is 9.82 Å². The van der Waals surface area contributed by atoms with Gasteiger partial charge in [0.1, 0.15) is 11.9 Å². The lowest BCUT2D eigenvalue weighted by molar-refractivity contribution is 0.0483. The number of hydrogen-bond acceptors (Lipinski definition) is 4. The summed E-state index contributed by atoms with van der Waals surface area (Å²) in [5.74, 6) is 1.02. The lowest BCUT2D eigenvalue weighted by atomic mass is 10.1. The molecule has 0 aliphatic carbocycles. The molecular weight excluding hydrogens is 228 g/mol. The highest BCUT2D eigenvalue weighted by molar-refractivity contribution is 5.85. The molecule has 0 spiro atoms. The molecule has 0 radical (unpaired) electrons. The number of oxime groups is 1. The minimum absolute atomic E-state index is 0.241. The molecule has 3 rings (SSSR count). The fraction of sp³-hybridized carbons (Fsp3) is 0.692. The normalized spacial score (nSPS) is 23.7. The topological polar surface area (TPSA) is 53.5 Å². The SMILES string of the molecule is CCC1=NO[C@@H](CN2CCc3nc(C)[nH]c3C2)C1. The van der Waals surface area contributed by atoms with Gasteiger partial charge in [-0.25, -0.2) is 4.98 Å². The molecule has 0 amide bonds. The zero-order valence-corrected chi connectivity index (χ0v) is 11.1. The first-order valence-corrected chi connectivity index (χ1v) is 6.73. The van der Waals surface area contributed by atoms with Gasteiger partial charge in [-0.2, -0.15) is 0 Å². The average molecular weight is 248 g/mol. The van der Waals surface area contributed by atoms with Gasteiger partial charge in [0.15, 0.2) is 0 Å². The molecule has 1 aromatic rings. The van der Waals surface area contributed by atoms with Crippen LogP contribution in [0.15, 0.2) is 5.16 Å². The summed E-state index contributed by atoms with van der Waals surface area (Å²) in [5.41, 5.74) is 3.70. The van der Waals surface area contributed by atoms with Crippen LogP contribution in [0.2, 0.25) is 0 Å². The van der Waals surface area contributed by atoms with E-state index < -0.39 is 0 Å². The van der Waals surface area contributed by atoms with Gasteiger partial charge in [0.25, 0.3) is 0 Å². The van der Waals surface area contributed by atoms with E-state index >= 15 is 0 Å². The second-order valence-electron chi connectivity index (χ2n) is 5.18. The molecule has 0 aromatic carbocycles. The van der Waals surface area contributed by atoms with E-state index in [1.54, 1.807) is 0 Å². The highest BCUT2D eigenvalue weighted by Gasteiger charge is 2.26. The monoisotopic (exact) mass is 248 g/mol. The van der Waals surface area contributed by atoms with Crippen LogP contribution in [0.3, 0.4) is 0 Å². The fourth-order valence-electron chi connectivity index (χ4n) is 2.73. The first-order valence-electron chi connectivity index (χ1n) is 6.73. The van der Waals surface area contributed by atoms with E-state index in [0.717, 1.165) is 44.7 Å². The summed E-state index contributed by atoms with van der Waals surface area (Å²) in [4.78, 5) is 15.8. The van der Waals surface area contributed by atoms with Crippen LogP contribution in [0.4, 0.5) is 0 Å². The molecule has 18 heavy (non-hydrogen) atoms. The maximum atomic E-state index is 5.47. The van der Waals surface area contributed by atoms with Gasteiger partial charge in [0.05, 0.1) is 17.1 Å². The van der Waals surface area contributed by atoms with Crippen molar-refractivity contribution in [3.8, 4) is 0 Å². The van der Waals surface area contributed by atoms with Gasteiger partial charge in [-0.05, 0) is 13.3 Å². The fourth-order valence-corrected chi connectivity index (χ4v) is 2.73. The Labute approximate surface area is 107 Å². The number of aromatic amines is 1. The van der Waals surface area contributed by atoms with Crippen molar-refractivity contribution >= 4 is 5.71 Å². The number of hydrogen-bond donors (Lipinski definition) is 1. The number of H-pyrrole nitrogens is 1. The van der Waals surface area contributed by atoms with E-state index in [-0.39, 0.29) is 6.10 Å². The van der Waals surface area contributed by atoms with E-state index in [4.69, 9.17) is 4.84 Å². The number of aryl methyl sites for hydroxylation is 1. The van der Waals surface area contributed by atoms with E-state index in [1.807, 2.05) is 6.92 Å². The molecule has 2 aliphatic rings. The zero-order chi connectivity index (χ0) is 12.5. The van der Waals surface area contributed by atoms with Crippen LogP contribution in [0, 0.1) is 6.92 Å². The quantitative estimate of drug-likeness (QED) is 0.884. The molecular formula is C13H20N4O. The molecule has 0 bridgehead atoms. The third-order valence-corrected chi connectivity index (χ3v) is 3.69. The van der Waals surface area contributed by atoms with Crippen molar-refractivity contribution in [2.75, 3.05) is 13.1 Å². The van der Waals surface area contributed by atoms with Crippen LogP contribution >= 0.6 is 0 Å². The standard InChI is InChI=1S/C13H20N4O/c1-3-10-6-11(18-16-10)7-17-5-4-12-13(8-17)15-9(2)14-12/h11H,3-8H2,1-2H3,(H,14,15)/t11-/m1/s1. The van der Waals surface area contributed by atoms with Crippen molar-refractivity contribution in [1.29, 1.82) is 0 Å². The molecule has 1 atom stereocenters. The van der Waals surface area contributed by atoms with Gasteiger partial charge in [-0.3, -0.25) is 4.90 Å². The maximum Gasteiger partial charge on any atom is 0.145 e. The first kappa shape index (κ1) is 11.7. The Morgan fingerprint density at radius 1 is 1.50 bits per heavy atom. The van der Waals surface area contributed by atoms with Crippen molar-refractivity contribution < 1.29 is 4.84 Å². The summed E-state index contributed by atoms with van der Waals surface area (Å²) in [5, 5.41) is 4.12. The van der Waals surface area contributed by atoms with Gasteiger partial charge in [-0.1, -0.05) is 12.1 Å². The number of rotatable bonds is 3. The summed E-state index contributed by atoms with van der Waals surface area (Å²) in [6.07, 6.45) is 3.27. The molecule has 1 aromatic heterocycles. The molecule has 2 aliphatic heterocycles. The molecule has 3 heterocycles. The predicted molar refractivity (Wildman–Crippen MR) is 69.5 cm³/mol. The molecule has 5 nitrogen and oxygen atoms in total. The summed E-state index contributed by atoms with van der Waals surface area (Å²) in [6.45, 7) is 7.13. The minimum atomic E-state index is 0.241. The van der Waals surface area contributed by atoms with Crippen molar-refractivity contribution in [3.63, 3.8) is 0 Å². The Morgan fingerprint density at radius 3 is 3.17 bits per heavy atom. The lowest BCUT2D eigenvalue weighted by Crippen LogP contribution is -2.36. The van der Waals surface area contributed by atoms with Gasteiger partial charge in [0, 0.05) is 32.5 Å². The molecule has 0 fully saturated rings. The number of imidazole rings is 1. The molecule has 1 N–H and O–H groups in total. The van der Waals surface area contributed by atoms with Crippen molar-refractivity contribution in [3.05, 3.63) is 17.2 Å². The van der Waals surface area contributed by atoms with Crippen LogP contribution < -0.4 is 0 Å². The Morgan fingerprint density at radius 2 is 2.39 bits per heavy atom. The first-order chi connectivity index (χ1) is 8.74. The summed E-state index contributed by atoms with van der Waals surface area (Å²) in [6, 6.07) is 0. The van der Waals surface area contributed by atoms with E-state index in [1.165, 1.54) is 17.1 Å². The second-order valence-corrected chi connectivity index (χ2v) is 5.18. The largest absolute Gasteiger partial charge is 0.391 e. The van der Waals surface area contributed by atoms with E-state index in [2.05, 4.69) is 26.9 Å².